The van der Waals surface area contributed by atoms with Crippen LogP contribution in [0.15, 0.2) is 12.7 Å². The highest BCUT2D eigenvalue weighted by atomic mass is 16.6. The molecule has 1 N–H and O–H groups in total. The molecule has 2 amide bonds. The van der Waals surface area contributed by atoms with Crippen molar-refractivity contribution < 1.29 is 29.0 Å². The molecule has 180 valence electrons. The van der Waals surface area contributed by atoms with E-state index >= 15 is 0 Å². The summed E-state index contributed by atoms with van der Waals surface area (Å²) >= 11 is 0. The lowest BCUT2D eigenvalue weighted by Crippen LogP contribution is -2.58. The second-order valence-electron chi connectivity index (χ2n) is 9.54. The molecule has 0 radical (unpaired) electrons. The number of nitrogens with zero attached hydrogens (tertiary/aromatic N) is 2. The van der Waals surface area contributed by atoms with Crippen LogP contribution in [0.1, 0.15) is 59.8 Å². The predicted molar refractivity (Wildman–Crippen MR) is 119 cm³/mol. The lowest BCUT2D eigenvalue weighted by atomic mass is 9.66. The molecule has 6 atom stereocenters. The Kier molecular flexibility index (Phi) is 7.34. The maximum Gasteiger partial charge on any atom is 0.312 e. The lowest BCUT2D eigenvalue weighted by molar-refractivity contribution is -0.161. The van der Waals surface area contributed by atoms with Crippen LogP contribution in [0, 0.1) is 11.8 Å². The van der Waals surface area contributed by atoms with Gasteiger partial charge in [-0.1, -0.05) is 25.8 Å². The summed E-state index contributed by atoms with van der Waals surface area (Å²) in [5.41, 5.74) is -1.93. The maximum atomic E-state index is 13.9. The second-order valence-corrected chi connectivity index (χ2v) is 9.54. The van der Waals surface area contributed by atoms with Gasteiger partial charge in [-0.3, -0.25) is 14.4 Å². The quantitative estimate of drug-likeness (QED) is 0.293. The molecule has 2 bridgehead atoms. The summed E-state index contributed by atoms with van der Waals surface area (Å²) in [6, 6.07) is -1.46. The molecule has 1 spiro atoms. The molecule has 3 fully saturated rings. The van der Waals surface area contributed by atoms with Crippen molar-refractivity contribution in [1.82, 2.24) is 9.80 Å². The van der Waals surface area contributed by atoms with E-state index < -0.39 is 41.1 Å². The van der Waals surface area contributed by atoms with Crippen LogP contribution >= 0.6 is 0 Å². The van der Waals surface area contributed by atoms with Gasteiger partial charge in [0.15, 0.2) is 0 Å². The molecule has 3 aliphatic rings. The van der Waals surface area contributed by atoms with Crippen LogP contribution in [-0.4, -0.2) is 82.3 Å². The van der Waals surface area contributed by atoms with E-state index in [9.17, 15) is 19.5 Å². The zero-order valence-corrected chi connectivity index (χ0v) is 19.8. The Bertz CT molecular complexity index is 757. The van der Waals surface area contributed by atoms with E-state index in [1.54, 1.807) is 24.8 Å². The number of hydrogen-bond donors (Lipinski definition) is 1. The molecule has 0 aromatic rings. The summed E-state index contributed by atoms with van der Waals surface area (Å²) in [6.07, 6.45) is 5.65. The summed E-state index contributed by atoms with van der Waals surface area (Å²) in [4.78, 5) is 43.8. The van der Waals surface area contributed by atoms with Crippen LogP contribution in [0.5, 0.6) is 0 Å². The number of hydrogen-bond acceptors (Lipinski definition) is 6. The normalized spacial score (nSPS) is 33.8. The van der Waals surface area contributed by atoms with Crippen LogP contribution in [-0.2, 0) is 23.9 Å². The summed E-state index contributed by atoms with van der Waals surface area (Å²) in [6.45, 7) is 12.1. The highest BCUT2D eigenvalue weighted by molar-refractivity contribution is 5.98. The zero-order chi connectivity index (χ0) is 23.7. The molecule has 0 aliphatic carbocycles. The van der Waals surface area contributed by atoms with Gasteiger partial charge in [0, 0.05) is 13.1 Å². The summed E-state index contributed by atoms with van der Waals surface area (Å²) in [7, 11) is 0. The Morgan fingerprint density at radius 2 is 2.09 bits per heavy atom. The Hall–Kier alpha value is -1.93. The number of carbonyl (C=O) groups is 3. The van der Waals surface area contributed by atoms with Gasteiger partial charge in [-0.15, -0.1) is 6.58 Å². The van der Waals surface area contributed by atoms with Crippen molar-refractivity contribution in [2.75, 3.05) is 26.3 Å². The van der Waals surface area contributed by atoms with Crippen molar-refractivity contribution in [3.05, 3.63) is 12.7 Å². The number of aliphatic hydroxyl groups excluding tert-OH is 1. The fourth-order valence-corrected chi connectivity index (χ4v) is 5.97. The number of likely N-dealkylation sites (tertiary alicyclic amines) is 1. The van der Waals surface area contributed by atoms with Crippen LogP contribution in [0.25, 0.3) is 0 Å². The van der Waals surface area contributed by atoms with Gasteiger partial charge in [-0.2, -0.15) is 0 Å². The van der Waals surface area contributed by atoms with Crippen molar-refractivity contribution in [2.24, 2.45) is 11.8 Å². The highest BCUT2D eigenvalue weighted by Gasteiger charge is 2.78. The van der Waals surface area contributed by atoms with Gasteiger partial charge >= 0.3 is 5.97 Å². The minimum absolute atomic E-state index is 0.203. The molecule has 8 nitrogen and oxygen atoms in total. The number of ether oxygens (including phenoxy) is 2. The van der Waals surface area contributed by atoms with E-state index in [-0.39, 0.29) is 25.0 Å². The summed E-state index contributed by atoms with van der Waals surface area (Å²) < 4.78 is 11.8. The third kappa shape index (κ3) is 3.75. The van der Waals surface area contributed by atoms with E-state index in [4.69, 9.17) is 9.47 Å². The third-order valence-electron chi connectivity index (χ3n) is 7.42. The van der Waals surface area contributed by atoms with Crippen molar-refractivity contribution in [2.45, 2.75) is 83.1 Å². The van der Waals surface area contributed by atoms with Crippen LogP contribution in [0.4, 0.5) is 0 Å². The third-order valence-corrected chi connectivity index (χ3v) is 7.42. The largest absolute Gasteiger partial charge is 0.466 e. The van der Waals surface area contributed by atoms with Crippen molar-refractivity contribution in [3.8, 4) is 0 Å². The average Bonchev–Trinajstić information content (AvgIpc) is 3.33. The average molecular weight is 451 g/mol. The van der Waals surface area contributed by atoms with Crippen molar-refractivity contribution in [3.63, 3.8) is 0 Å². The molecular weight excluding hydrogens is 412 g/mol. The first-order valence-electron chi connectivity index (χ1n) is 11.9. The zero-order valence-electron chi connectivity index (χ0n) is 19.8. The van der Waals surface area contributed by atoms with Gasteiger partial charge in [0.2, 0.25) is 11.8 Å². The fourth-order valence-electron chi connectivity index (χ4n) is 5.97. The Morgan fingerprint density at radius 1 is 1.38 bits per heavy atom. The minimum atomic E-state index is -1.09. The smallest absolute Gasteiger partial charge is 0.312 e. The van der Waals surface area contributed by atoms with Crippen molar-refractivity contribution in [1.29, 1.82) is 0 Å². The summed E-state index contributed by atoms with van der Waals surface area (Å²) in [5.74, 6) is -2.51. The predicted octanol–water partition coefficient (Wildman–Crippen LogP) is 1.90. The number of esters is 1. The Morgan fingerprint density at radius 3 is 2.69 bits per heavy atom. The van der Waals surface area contributed by atoms with Crippen LogP contribution in [0.3, 0.4) is 0 Å². The number of rotatable bonds is 11. The number of amides is 2. The molecule has 0 aromatic heterocycles. The first kappa shape index (κ1) is 24.7. The van der Waals surface area contributed by atoms with E-state index in [2.05, 4.69) is 13.5 Å². The monoisotopic (exact) mass is 450 g/mol. The topological polar surface area (TPSA) is 96.4 Å². The molecule has 32 heavy (non-hydrogen) atoms. The Balaban J connectivity index is 2.03. The molecule has 0 aromatic carbocycles. The van der Waals surface area contributed by atoms with Crippen LogP contribution in [0.2, 0.25) is 0 Å². The molecule has 2 unspecified atom stereocenters. The van der Waals surface area contributed by atoms with E-state index in [0.717, 1.165) is 19.3 Å². The maximum absolute atomic E-state index is 13.9. The number of unbranched alkanes of at least 4 members (excludes halogenated alkanes) is 2. The molecule has 3 rings (SSSR count). The Labute approximate surface area is 190 Å². The van der Waals surface area contributed by atoms with Gasteiger partial charge in [-0.25, -0.2) is 0 Å². The highest BCUT2D eigenvalue weighted by Crippen LogP contribution is 2.63. The summed E-state index contributed by atoms with van der Waals surface area (Å²) in [5, 5.41) is 9.90. The van der Waals surface area contributed by atoms with Crippen LogP contribution < -0.4 is 0 Å². The number of carbonyl (C=O) groups excluding carboxylic acids is 3. The number of aliphatic hydroxyl groups is 1. The molecule has 0 saturated carbocycles. The molecule has 3 aliphatic heterocycles. The fraction of sp³-hybridized carbons (Fsp3) is 0.792. The van der Waals surface area contributed by atoms with Gasteiger partial charge in [0.05, 0.1) is 30.8 Å². The first-order valence-corrected chi connectivity index (χ1v) is 11.9. The molecule has 8 heteroatoms. The lowest BCUT2D eigenvalue weighted by Gasteiger charge is -2.38. The van der Waals surface area contributed by atoms with Gasteiger partial charge in [0.25, 0.3) is 0 Å². The SMILES string of the molecule is C=CCN(CCCCC)C(=O)C1N([C@H](C)CO)C(=O)[C@@H]2[C@H](C(=O)OCC)[C@]3(C)CCC12O3. The van der Waals surface area contributed by atoms with Gasteiger partial charge in [-0.05, 0) is 40.0 Å². The van der Waals surface area contributed by atoms with Gasteiger partial charge in [0.1, 0.15) is 17.6 Å². The standard InChI is InChI=1S/C24H38N2O6/c1-6-9-10-14-25(13-7-2)21(29)19-24-12-11-23(5,32-24)18(22(30)31-8-3)17(24)20(28)26(19)16(4)15-27/h7,16-19,27H,2,6,8-15H2,1,3-5H3/t16-,17+,18-,19?,23+,24?/m1/s1. The van der Waals surface area contributed by atoms with E-state index in [1.807, 2.05) is 6.92 Å². The van der Waals surface area contributed by atoms with Crippen molar-refractivity contribution >= 4 is 17.8 Å². The molecule has 3 saturated heterocycles. The number of fused-ring (bicyclic) bond motifs is 1. The first-order chi connectivity index (χ1) is 15.2. The molecule has 3 heterocycles. The van der Waals surface area contributed by atoms with E-state index in [1.165, 1.54) is 4.90 Å². The second kappa shape index (κ2) is 9.51. The molecular formula is C24H38N2O6. The van der Waals surface area contributed by atoms with Gasteiger partial charge < -0.3 is 24.4 Å². The minimum Gasteiger partial charge on any atom is -0.466 e. The van der Waals surface area contributed by atoms with E-state index in [0.29, 0.717) is 25.9 Å².